The summed E-state index contributed by atoms with van der Waals surface area (Å²) in [7, 11) is 0. The van der Waals surface area contributed by atoms with Gasteiger partial charge in [-0.1, -0.05) is 6.92 Å². The van der Waals surface area contributed by atoms with Gasteiger partial charge >= 0.3 is 12.0 Å². The lowest BCUT2D eigenvalue weighted by molar-refractivity contribution is -0.141. The molecule has 2 unspecified atom stereocenters. The molecule has 1 saturated heterocycles. The molecule has 0 aromatic carbocycles. The summed E-state index contributed by atoms with van der Waals surface area (Å²) in [6.45, 7) is 3.07. The zero-order valence-electron chi connectivity index (χ0n) is 10.5. The first-order chi connectivity index (χ1) is 8.54. The van der Waals surface area contributed by atoms with Gasteiger partial charge in [0.05, 0.1) is 31.8 Å². The van der Waals surface area contributed by atoms with Gasteiger partial charge in [0.1, 0.15) is 0 Å². The third kappa shape index (κ3) is 4.50. The molecule has 18 heavy (non-hydrogen) atoms. The number of ether oxygens (including phenoxy) is 1. The highest BCUT2D eigenvalue weighted by atomic mass is 16.5. The van der Waals surface area contributed by atoms with Crippen LogP contribution in [0, 0.1) is 5.92 Å². The van der Waals surface area contributed by atoms with Crippen molar-refractivity contribution < 1.29 is 24.5 Å². The van der Waals surface area contributed by atoms with E-state index in [0.717, 1.165) is 0 Å². The van der Waals surface area contributed by atoms with Crippen molar-refractivity contribution in [2.24, 2.45) is 5.92 Å². The summed E-state index contributed by atoms with van der Waals surface area (Å²) < 4.78 is 5.23. The van der Waals surface area contributed by atoms with Crippen molar-refractivity contribution in [2.75, 3.05) is 32.8 Å². The van der Waals surface area contributed by atoms with Crippen molar-refractivity contribution in [1.29, 1.82) is 0 Å². The van der Waals surface area contributed by atoms with Crippen LogP contribution in [0.15, 0.2) is 0 Å². The Kier molecular flexibility index (Phi) is 5.87. The fourth-order valence-corrected chi connectivity index (χ4v) is 1.65. The number of nitrogens with one attached hydrogen (secondary N) is 1. The van der Waals surface area contributed by atoms with Gasteiger partial charge in [-0.3, -0.25) is 4.79 Å². The summed E-state index contributed by atoms with van der Waals surface area (Å²) in [6.07, 6.45) is 0.0666. The van der Waals surface area contributed by atoms with Crippen LogP contribution >= 0.6 is 0 Å². The minimum atomic E-state index is -0.865. The number of aliphatic hydroxyl groups excluding tert-OH is 1. The lowest BCUT2D eigenvalue weighted by atomic mass is 10.1. The van der Waals surface area contributed by atoms with Gasteiger partial charge in [-0.05, 0) is 6.42 Å². The van der Waals surface area contributed by atoms with Crippen molar-refractivity contribution in [3.05, 3.63) is 0 Å². The number of morpholine rings is 1. The molecule has 1 rings (SSSR count). The summed E-state index contributed by atoms with van der Waals surface area (Å²) >= 11 is 0. The summed E-state index contributed by atoms with van der Waals surface area (Å²) in [4.78, 5) is 23.9. The molecule has 1 aliphatic heterocycles. The number of aliphatic hydroxyl groups is 1. The molecule has 1 aliphatic rings. The van der Waals surface area contributed by atoms with Gasteiger partial charge < -0.3 is 25.2 Å². The first kappa shape index (κ1) is 14.7. The van der Waals surface area contributed by atoms with E-state index in [1.165, 1.54) is 0 Å². The predicted octanol–water partition coefficient (Wildman–Crippen LogP) is -0.500. The second-order valence-corrected chi connectivity index (χ2v) is 4.38. The molecule has 2 amide bonds. The Morgan fingerprint density at radius 3 is 2.89 bits per heavy atom. The molecule has 0 bridgehead atoms. The van der Waals surface area contributed by atoms with E-state index >= 15 is 0 Å². The molecule has 7 nitrogen and oxygen atoms in total. The van der Waals surface area contributed by atoms with E-state index < -0.39 is 11.9 Å². The van der Waals surface area contributed by atoms with Crippen molar-refractivity contribution in [1.82, 2.24) is 10.2 Å². The summed E-state index contributed by atoms with van der Waals surface area (Å²) in [5, 5.41) is 20.3. The van der Waals surface area contributed by atoms with E-state index in [1.807, 2.05) is 0 Å². The molecule has 1 fully saturated rings. The van der Waals surface area contributed by atoms with E-state index in [2.05, 4.69) is 5.32 Å². The molecule has 0 aromatic rings. The topological polar surface area (TPSA) is 99.1 Å². The molecular weight excluding hydrogens is 240 g/mol. The maximum Gasteiger partial charge on any atom is 0.317 e. The minimum Gasteiger partial charge on any atom is -0.481 e. The zero-order chi connectivity index (χ0) is 13.5. The van der Waals surface area contributed by atoms with Gasteiger partial charge in [-0.2, -0.15) is 0 Å². The van der Waals surface area contributed by atoms with Crippen molar-refractivity contribution in [3.8, 4) is 0 Å². The smallest absolute Gasteiger partial charge is 0.317 e. The van der Waals surface area contributed by atoms with Gasteiger partial charge in [0.15, 0.2) is 0 Å². The summed E-state index contributed by atoms with van der Waals surface area (Å²) in [6, 6.07) is -0.241. The van der Waals surface area contributed by atoms with Crippen LogP contribution in [-0.4, -0.2) is 66.1 Å². The molecule has 7 heteroatoms. The van der Waals surface area contributed by atoms with E-state index in [-0.39, 0.29) is 18.7 Å². The molecule has 1 heterocycles. The Morgan fingerprint density at radius 1 is 1.56 bits per heavy atom. The Morgan fingerprint density at radius 2 is 2.28 bits per heavy atom. The number of hydrogen-bond donors (Lipinski definition) is 3. The molecule has 0 saturated carbocycles. The highest BCUT2D eigenvalue weighted by Crippen LogP contribution is 2.05. The number of hydrogen-bond acceptors (Lipinski definition) is 4. The number of rotatable bonds is 5. The third-order valence-corrected chi connectivity index (χ3v) is 2.90. The highest BCUT2D eigenvalue weighted by Gasteiger charge is 2.23. The summed E-state index contributed by atoms with van der Waals surface area (Å²) in [5.74, 6) is -1.34. The summed E-state index contributed by atoms with van der Waals surface area (Å²) in [5.41, 5.74) is 0. The molecule has 0 spiro atoms. The molecule has 2 atom stereocenters. The highest BCUT2D eigenvalue weighted by molar-refractivity contribution is 5.74. The SMILES string of the molecule is CC(CCNC(=O)N1CCOC(CO)C1)C(=O)O. The second kappa shape index (κ2) is 7.17. The fraction of sp³-hybridized carbons (Fsp3) is 0.818. The van der Waals surface area contributed by atoms with Gasteiger partial charge in [0.25, 0.3) is 0 Å². The minimum absolute atomic E-state index is 0.111. The van der Waals surface area contributed by atoms with Crippen LogP contribution in [0.2, 0.25) is 0 Å². The number of urea groups is 1. The van der Waals surface area contributed by atoms with Crippen molar-refractivity contribution in [3.63, 3.8) is 0 Å². The Hall–Kier alpha value is -1.34. The molecule has 0 aliphatic carbocycles. The van der Waals surface area contributed by atoms with Gasteiger partial charge in [-0.25, -0.2) is 4.79 Å². The van der Waals surface area contributed by atoms with Crippen LogP contribution < -0.4 is 5.32 Å². The molecule has 3 N–H and O–H groups in total. The largest absolute Gasteiger partial charge is 0.481 e. The predicted molar refractivity (Wildman–Crippen MR) is 63.2 cm³/mol. The Bertz CT molecular complexity index is 297. The van der Waals surface area contributed by atoms with Crippen LogP contribution in [-0.2, 0) is 9.53 Å². The van der Waals surface area contributed by atoms with Gasteiger partial charge in [0.2, 0.25) is 0 Å². The van der Waals surface area contributed by atoms with E-state index in [1.54, 1.807) is 11.8 Å². The van der Waals surface area contributed by atoms with Crippen LogP contribution in [0.4, 0.5) is 4.79 Å². The number of carbonyl (C=O) groups is 2. The molecular formula is C11H20N2O5. The van der Waals surface area contributed by atoms with E-state index in [4.69, 9.17) is 14.9 Å². The quantitative estimate of drug-likeness (QED) is 0.619. The standard InChI is InChI=1S/C11H20N2O5/c1-8(10(15)16)2-3-12-11(17)13-4-5-18-9(6-13)7-14/h8-9,14H,2-7H2,1H3,(H,12,17)(H,15,16). The number of amides is 2. The van der Waals surface area contributed by atoms with Crippen LogP contribution in [0.5, 0.6) is 0 Å². The van der Waals surface area contributed by atoms with Crippen molar-refractivity contribution in [2.45, 2.75) is 19.4 Å². The van der Waals surface area contributed by atoms with Crippen LogP contribution in [0.3, 0.4) is 0 Å². The van der Waals surface area contributed by atoms with Crippen LogP contribution in [0.25, 0.3) is 0 Å². The number of nitrogens with zero attached hydrogens (tertiary/aromatic N) is 1. The van der Waals surface area contributed by atoms with Gasteiger partial charge in [-0.15, -0.1) is 0 Å². The Labute approximate surface area is 106 Å². The maximum atomic E-state index is 11.7. The van der Waals surface area contributed by atoms with Crippen LogP contribution in [0.1, 0.15) is 13.3 Å². The van der Waals surface area contributed by atoms with Gasteiger partial charge in [0, 0.05) is 13.1 Å². The maximum absolute atomic E-state index is 11.7. The number of carbonyl (C=O) groups excluding carboxylic acids is 1. The lowest BCUT2D eigenvalue weighted by Gasteiger charge is -2.32. The third-order valence-electron chi connectivity index (χ3n) is 2.90. The molecule has 0 radical (unpaired) electrons. The first-order valence-electron chi connectivity index (χ1n) is 6.02. The molecule has 104 valence electrons. The molecule has 0 aromatic heterocycles. The zero-order valence-corrected chi connectivity index (χ0v) is 10.5. The first-order valence-corrected chi connectivity index (χ1v) is 6.02. The fourth-order valence-electron chi connectivity index (χ4n) is 1.65. The number of carboxylic acid groups (broad SMARTS) is 1. The van der Waals surface area contributed by atoms with E-state index in [0.29, 0.717) is 32.7 Å². The van der Waals surface area contributed by atoms with E-state index in [9.17, 15) is 9.59 Å². The average Bonchev–Trinajstić information content (AvgIpc) is 2.38. The van der Waals surface area contributed by atoms with Crippen molar-refractivity contribution >= 4 is 12.0 Å². The number of aliphatic carboxylic acids is 1. The number of carboxylic acids is 1. The monoisotopic (exact) mass is 260 g/mol. The normalized spacial score (nSPS) is 21.4. The average molecular weight is 260 g/mol. The second-order valence-electron chi connectivity index (χ2n) is 4.38. The lowest BCUT2D eigenvalue weighted by Crippen LogP contribution is -2.50. The Balaban J connectivity index is 2.26.